The smallest absolute Gasteiger partial charge is 0.409 e. The minimum absolute atomic E-state index is 0.194. The first-order chi connectivity index (χ1) is 9.82. The van der Waals surface area contributed by atoms with Gasteiger partial charge < -0.3 is 14.7 Å². The molecule has 0 spiro atoms. The van der Waals surface area contributed by atoms with Crippen LogP contribution in [0.5, 0.6) is 0 Å². The fourth-order valence-electron chi connectivity index (χ4n) is 3.07. The number of likely N-dealkylation sites (tertiary alicyclic amines) is 2. The van der Waals surface area contributed by atoms with Crippen molar-refractivity contribution < 1.29 is 28.2 Å². The van der Waals surface area contributed by atoms with E-state index < -0.39 is 29.9 Å². The standard InChI is InChI=1S/C13H20F2N2O4/c1-21-12(20)17-4-2-9(11(18)19)6-10(17)7-16-5-3-13(14,15)8-16/h9-10H,2-8H2,1H3,(H,18,19)/t9-,10-/m0/s1. The van der Waals surface area contributed by atoms with Crippen LogP contribution in [-0.4, -0.2) is 72.2 Å². The third-order valence-electron chi connectivity index (χ3n) is 4.19. The summed E-state index contributed by atoms with van der Waals surface area (Å²) in [5, 5.41) is 9.11. The molecule has 6 nitrogen and oxygen atoms in total. The molecule has 8 heteroatoms. The normalized spacial score (nSPS) is 29.4. The fourth-order valence-corrected chi connectivity index (χ4v) is 3.07. The molecular weight excluding hydrogens is 286 g/mol. The van der Waals surface area contributed by atoms with Crippen molar-refractivity contribution in [2.24, 2.45) is 5.92 Å². The fraction of sp³-hybridized carbons (Fsp3) is 0.846. The Morgan fingerprint density at radius 2 is 2.10 bits per heavy atom. The van der Waals surface area contributed by atoms with Gasteiger partial charge in [-0.25, -0.2) is 13.6 Å². The Morgan fingerprint density at radius 1 is 1.38 bits per heavy atom. The molecule has 0 aromatic rings. The van der Waals surface area contributed by atoms with Crippen LogP contribution in [0.4, 0.5) is 13.6 Å². The molecule has 1 N–H and O–H groups in total. The van der Waals surface area contributed by atoms with Crippen LogP contribution in [-0.2, 0) is 9.53 Å². The highest BCUT2D eigenvalue weighted by atomic mass is 19.3. The molecule has 1 amide bonds. The lowest BCUT2D eigenvalue weighted by Crippen LogP contribution is -2.52. The summed E-state index contributed by atoms with van der Waals surface area (Å²) >= 11 is 0. The number of rotatable bonds is 3. The van der Waals surface area contributed by atoms with E-state index in [0.29, 0.717) is 6.42 Å². The summed E-state index contributed by atoms with van der Waals surface area (Å²) in [5.41, 5.74) is 0. The molecule has 120 valence electrons. The number of hydrogen-bond acceptors (Lipinski definition) is 4. The minimum atomic E-state index is -2.70. The number of aliphatic carboxylic acids is 1. The highest BCUT2D eigenvalue weighted by Gasteiger charge is 2.41. The summed E-state index contributed by atoms with van der Waals surface area (Å²) < 4.78 is 31.2. The number of halogens is 2. The zero-order valence-electron chi connectivity index (χ0n) is 11.9. The van der Waals surface area contributed by atoms with Gasteiger partial charge in [0, 0.05) is 32.1 Å². The molecule has 0 radical (unpaired) electrons. The van der Waals surface area contributed by atoms with E-state index in [4.69, 9.17) is 9.84 Å². The number of piperidine rings is 1. The molecule has 2 saturated heterocycles. The number of ether oxygens (including phenoxy) is 1. The zero-order valence-corrected chi connectivity index (χ0v) is 11.9. The number of alkyl halides is 2. The Hall–Kier alpha value is -1.44. The van der Waals surface area contributed by atoms with E-state index >= 15 is 0 Å². The van der Waals surface area contributed by atoms with Crippen molar-refractivity contribution in [3.63, 3.8) is 0 Å². The summed E-state index contributed by atoms with van der Waals surface area (Å²) in [6, 6.07) is -0.402. The molecule has 0 aliphatic carbocycles. The first-order valence-electron chi connectivity index (χ1n) is 7.00. The van der Waals surface area contributed by atoms with E-state index in [1.807, 2.05) is 0 Å². The molecule has 0 aromatic heterocycles. The highest BCUT2D eigenvalue weighted by molar-refractivity contribution is 5.72. The number of carboxylic acids is 1. The maximum Gasteiger partial charge on any atom is 0.409 e. The van der Waals surface area contributed by atoms with Gasteiger partial charge >= 0.3 is 12.1 Å². The van der Waals surface area contributed by atoms with Crippen LogP contribution in [0.1, 0.15) is 19.3 Å². The topological polar surface area (TPSA) is 70.1 Å². The second kappa shape index (κ2) is 6.13. The molecular formula is C13H20F2N2O4. The molecule has 21 heavy (non-hydrogen) atoms. The zero-order chi connectivity index (χ0) is 15.6. The first-order valence-corrected chi connectivity index (χ1v) is 7.00. The summed E-state index contributed by atoms with van der Waals surface area (Å²) in [7, 11) is 1.26. The van der Waals surface area contributed by atoms with Crippen LogP contribution in [0.2, 0.25) is 0 Å². The van der Waals surface area contributed by atoms with Gasteiger partial charge in [0.25, 0.3) is 5.92 Å². The maximum atomic E-state index is 13.2. The molecule has 2 atom stereocenters. The third-order valence-corrected chi connectivity index (χ3v) is 4.19. The van der Waals surface area contributed by atoms with Gasteiger partial charge in [-0.05, 0) is 12.8 Å². The second-order valence-corrected chi connectivity index (χ2v) is 5.72. The van der Waals surface area contributed by atoms with Gasteiger partial charge in [-0.15, -0.1) is 0 Å². The van der Waals surface area contributed by atoms with Crippen LogP contribution < -0.4 is 0 Å². The van der Waals surface area contributed by atoms with E-state index in [0.717, 1.165) is 0 Å². The molecule has 0 aromatic carbocycles. The Labute approximate surface area is 121 Å². The van der Waals surface area contributed by atoms with Crippen LogP contribution >= 0.6 is 0 Å². The van der Waals surface area contributed by atoms with Gasteiger partial charge in [-0.1, -0.05) is 0 Å². The Bertz CT molecular complexity index is 419. The number of carbonyl (C=O) groups is 2. The molecule has 0 bridgehead atoms. The SMILES string of the molecule is COC(=O)N1CC[C@H](C(=O)O)C[C@H]1CN1CCC(F)(F)C1. The lowest BCUT2D eigenvalue weighted by atomic mass is 9.91. The average molecular weight is 306 g/mol. The monoisotopic (exact) mass is 306 g/mol. The minimum Gasteiger partial charge on any atom is -0.481 e. The van der Waals surface area contributed by atoms with Crippen LogP contribution in [0.3, 0.4) is 0 Å². The van der Waals surface area contributed by atoms with Gasteiger partial charge in [-0.2, -0.15) is 0 Å². The first kappa shape index (κ1) is 15.9. The Kier molecular flexibility index (Phi) is 4.65. The summed E-state index contributed by atoms with van der Waals surface area (Å²) in [6.45, 7) is 0.458. The summed E-state index contributed by atoms with van der Waals surface area (Å²) in [6.07, 6.45) is -0.0982. The van der Waals surface area contributed by atoms with Gasteiger partial charge in [0.15, 0.2) is 0 Å². The summed E-state index contributed by atoms with van der Waals surface area (Å²) in [4.78, 5) is 25.9. The van der Waals surface area contributed by atoms with Crippen LogP contribution in [0.25, 0.3) is 0 Å². The predicted molar refractivity (Wildman–Crippen MR) is 69.3 cm³/mol. The number of hydrogen-bond donors (Lipinski definition) is 1. The van der Waals surface area contributed by atoms with Crippen molar-refractivity contribution in [2.75, 3.05) is 33.3 Å². The van der Waals surface area contributed by atoms with Crippen molar-refractivity contribution in [3.8, 4) is 0 Å². The maximum absolute atomic E-state index is 13.2. The highest BCUT2D eigenvalue weighted by Crippen LogP contribution is 2.30. The quantitative estimate of drug-likeness (QED) is 0.850. The molecule has 2 rings (SSSR count). The number of carboxylic acid groups (broad SMARTS) is 1. The third kappa shape index (κ3) is 3.81. The summed E-state index contributed by atoms with van der Waals surface area (Å²) in [5.74, 6) is -4.15. The van der Waals surface area contributed by atoms with Crippen molar-refractivity contribution in [2.45, 2.75) is 31.2 Å². The predicted octanol–water partition coefficient (Wildman–Crippen LogP) is 1.26. The van der Waals surface area contributed by atoms with Gasteiger partial charge in [0.1, 0.15) is 0 Å². The molecule has 2 heterocycles. The largest absolute Gasteiger partial charge is 0.481 e. The number of amides is 1. The lowest BCUT2D eigenvalue weighted by Gasteiger charge is -2.39. The second-order valence-electron chi connectivity index (χ2n) is 5.72. The van der Waals surface area contributed by atoms with Gasteiger partial charge in [-0.3, -0.25) is 9.69 Å². The Morgan fingerprint density at radius 3 is 2.62 bits per heavy atom. The van der Waals surface area contributed by atoms with Crippen molar-refractivity contribution in [1.82, 2.24) is 9.80 Å². The average Bonchev–Trinajstić information content (AvgIpc) is 2.77. The molecule has 0 saturated carbocycles. The lowest BCUT2D eigenvalue weighted by molar-refractivity contribution is -0.144. The van der Waals surface area contributed by atoms with Gasteiger partial charge in [0.05, 0.1) is 19.6 Å². The Balaban J connectivity index is 2.03. The van der Waals surface area contributed by atoms with Crippen molar-refractivity contribution in [1.29, 1.82) is 0 Å². The van der Waals surface area contributed by atoms with E-state index in [-0.39, 0.29) is 39.0 Å². The van der Waals surface area contributed by atoms with Gasteiger partial charge in [0.2, 0.25) is 0 Å². The molecule has 2 aliphatic heterocycles. The molecule has 2 fully saturated rings. The number of methoxy groups -OCH3 is 1. The van der Waals surface area contributed by atoms with E-state index in [1.165, 1.54) is 12.0 Å². The molecule has 0 unspecified atom stereocenters. The van der Waals surface area contributed by atoms with Crippen LogP contribution in [0.15, 0.2) is 0 Å². The van der Waals surface area contributed by atoms with E-state index in [9.17, 15) is 18.4 Å². The molecule has 2 aliphatic rings. The number of nitrogens with zero attached hydrogens (tertiary/aromatic N) is 2. The van der Waals surface area contributed by atoms with Crippen LogP contribution in [0, 0.1) is 5.92 Å². The van der Waals surface area contributed by atoms with E-state index in [1.54, 1.807) is 4.90 Å². The number of carbonyl (C=O) groups excluding carboxylic acids is 1. The van der Waals surface area contributed by atoms with Crippen molar-refractivity contribution >= 4 is 12.1 Å². The van der Waals surface area contributed by atoms with Crippen molar-refractivity contribution in [3.05, 3.63) is 0 Å². The van der Waals surface area contributed by atoms with E-state index in [2.05, 4.69) is 0 Å².